The Balaban J connectivity index is 1.78. The standard InChI is InChI=1S/C22H24N4/c1-3-26(19-11-7-8-16(2)14-19)21-15-20(17-9-5-4-6-10-17)24-22(25-21)23-18-12-13-18/h4-11,14-15,18H,3,12-13H2,1-2H3,(H,23,24,25). The molecule has 1 aliphatic carbocycles. The number of anilines is 3. The molecule has 0 unspecified atom stereocenters. The van der Waals surface area contributed by atoms with Crippen LogP contribution in [0.3, 0.4) is 0 Å². The molecular weight excluding hydrogens is 320 g/mol. The number of hydrogen-bond acceptors (Lipinski definition) is 4. The summed E-state index contributed by atoms with van der Waals surface area (Å²) in [4.78, 5) is 11.8. The normalized spacial score (nSPS) is 13.5. The van der Waals surface area contributed by atoms with Crippen molar-refractivity contribution in [3.63, 3.8) is 0 Å². The van der Waals surface area contributed by atoms with Gasteiger partial charge < -0.3 is 10.2 Å². The van der Waals surface area contributed by atoms with Gasteiger partial charge in [-0.3, -0.25) is 0 Å². The van der Waals surface area contributed by atoms with E-state index < -0.39 is 0 Å². The monoisotopic (exact) mass is 344 g/mol. The summed E-state index contributed by atoms with van der Waals surface area (Å²) >= 11 is 0. The summed E-state index contributed by atoms with van der Waals surface area (Å²) in [6.07, 6.45) is 2.40. The Morgan fingerprint density at radius 1 is 1.00 bits per heavy atom. The molecule has 26 heavy (non-hydrogen) atoms. The maximum atomic E-state index is 4.82. The van der Waals surface area contributed by atoms with Crippen LogP contribution in [0.1, 0.15) is 25.3 Å². The Bertz CT molecular complexity index is 888. The molecule has 2 aromatic carbocycles. The van der Waals surface area contributed by atoms with Crippen LogP contribution < -0.4 is 10.2 Å². The minimum absolute atomic E-state index is 0.517. The molecular formula is C22H24N4. The number of aromatic nitrogens is 2. The zero-order chi connectivity index (χ0) is 17.9. The van der Waals surface area contributed by atoms with E-state index in [0.717, 1.165) is 35.3 Å². The second kappa shape index (κ2) is 7.16. The molecule has 132 valence electrons. The maximum Gasteiger partial charge on any atom is 0.225 e. The predicted octanol–water partition coefficient (Wildman–Crippen LogP) is 5.18. The van der Waals surface area contributed by atoms with E-state index in [1.54, 1.807) is 0 Å². The van der Waals surface area contributed by atoms with Gasteiger partial charge >= 0.3 is 0 Å². The summed E-state index contributed by atoms with van der Waals surface area (Å²) in [5, 5.41) is 3.46. The molecule has 1 aromatic heterocycles. The van der Waals surface area contributed by atoms with Crippen molar-refractivity contribution in [2.45, 2.75) is 32.7 Å². The molecule has 4 nitrogen and oxygen atoms in total. The number of benzene rings is 2. The minimum Gasteiger partial charge on any atom is -0.351 e. The second-order valence-corrected chi connectivity index (χ2v) is 6.80. The molecule has 1 fully saturated rings. The van der Waals surface area contributed by atoms with Crippen LogP contribution in [-0.2, 0) is 0 Å². The molecule has 0 amide bonds. The molecule has 4 heteroatoms. The molecule has 1 N–H and O–H groups in total. The number of rotatable bonds is 6. The lowest BCUT2D eigenvalue weighted by atomic mass is 10.1. The fraction of sp³-hybridized carbons (Fsp3) is 0.273. The summed E-state index contributed by atoms with van der Waals surface area (Å²) in [5.74, 6) is 1.64. The highest BCUT2D eigenvalue weighted by atomic mass is 15.2. The van der Waals surface area contributed by atoms with Gasteiger partial charge in [-0.2, -0.15) is 4.98 Å². The van der Waals surface area contributed by atoms with E-state index in [-0.39, 0.29) is 0 Å². The summed E-state index contributed by atoms with van der Waals surface area (Å²) in [5.41, 5.74) is 4.46. The van der Waals surface area contributed by atoms with Gasteiger partial charge in [0.1, 0.15) is 5.82 Å². The Labute approximate surface area is 154 Å². The average Bonchev–Trinajstić information content (AvgIpc) is 3.47. The fourth-order valence-electron chi connectivity index (χ4n) is 3.08. The zero-order valence-corrected chi connectivity index (χ0v) is 15.3. The van der Waals surface area contributed by atoms with Crippen molar-refractivity contribution < 1.29 is 0 Å². The largest absolute Gasteiger partial charge is 0.351 e. The van der Waals surface area contributed by atoms with Crippen LogP contribution in [0.2, 0.25) is 0 Å². The number of aryl methyl sites for hydroxylation is 1. The van der Waals surface area contributed by atoms with Gasteiger partial charge in [0, 0.05) is 29.9 Å². The molecule has 3 aromatic rings. The van der Waals surface area contributed by atoms with Crippen LogP contribution in [-0.4, -0.2) is 22.6 Å². The first kappa shape index (κ1) is 16.6. The van der Waals surface area contributed by atoms with Gasteiger partial charge in [-0.25, -0.2) is 4.98 Å². The molecule has 0 aliphatic heterocycles. The van der Waals surface area contributed by atoms with Gasteiger partial charge in [-0.05, 0) is 44.4 Å². The molecule has 1 aliphatic rings. The first-order chi connectivity index (χ1) is 12.7. The van der Waals surface area contributed by atoms with E-state index in [1.807, 2.05) is 18.2 Å². The van der Waals surface area contributed by atoms with Gasteiger partial charge in [-0.1, -0.05) is 42.5 Å². The number of hydrogen-bond donors (Lipinski definition) is 1. The van der Waals surface area contributed by atoms with Crippen molar-refractivity contribution >= 4 is 17.5 Å². The van der Waals surface area contributed by atoms with Crippen molar-refractivity contribution in [2.24, 2.45) is 0 Å². The molecule has 1 saturated carbocycles. The van der Waals surface area contributed by atoms with E-state index in [9.17, 15) is 0 Å². The average molecular weight is 344 g/mol. The highest BCUT2D eigenvalue weighted by Gasteiger charge is 2.23. The van der Waals surface area contributed by atoms with Crippen LogP contribution in [0.4, 0.5) is 17.5 Å². The van der Waals surface area contributed by atoms with Gasteiger partial charge in [0.05, 0.1) is 5.69 Å². The molecule has 0 bridgehead atoms. The predicted molar refractivity (Wildman–Crippen MR) is 108 cm³/mol. The second-order valence-electron chi connectivity index (χ2n) is 6.80. The van der Waals surface area contributed by atoms with E-state index in [1.165, 1.54) is 18.4 Å². The van der Waals surface area contributed by atoms with Crippen molar-refractivity contribution in [3.8, 4) is 11.3 Å². The Kier molecular flexibility index (Phi) is 4.57. The SMILES string of the molecule is CCN(c1cccc(C)c1)c1cc(-c2ccccc2)nc(NC2CC2)n1. The van der Waals surface area contributed by atoms with Crippen molar-refractivity contribution in [2.75, 3.05) is 16.8 Å². The Hall–Kier alpha value is -2.88. The van der Waals surface area contributed by atoms with Crippen LogP contribution in [0.25, 0.3) is 11.3 Å². The number of nitrogens with zero attached hydrogens (tertiary/aromatic N) is 3. The lowest BCUT2D eigenvalue weighted by Crippen LogP contribution is -2.19. The molecule has 0 spiro atoms. The van der Waals surface area contributed by atoms with Gasteiger partial charge in [-0.15, -0.1) is 0 Å². The van der Waals surface area contributed by atoms with Crippen LogP contribution >= 0.6 is 0 Å². The molecule has 1 heterocycles. The van der Waals surface area contributed by atoms with E-state index in [2.05, 4.69) is 66.5 Å². The minimum atomic E-state index is 0.517. The van der Waals surface area contributed by atoms with E-state index in [0.29, 0.717) is 6.04 Å². The third-order valence-electron chi connectivity index (χ3n) is 4.60. The highest BCUT2D eigenvalue weighted by Crippen LogP contribution is 2.30. The molecule has 0 atom stereocenters. The van der Waals surface area contributed by atoms with Crippen molar-refractivity contribution in [1.82, 2.24) is 9.97 Å². The third kappa shape index (κ3) is 3.69. The quantitative estimate of drug-likeness (QED) is 0.668. The summed E-state index contributed by atoms with van der Waals surface area (Å²) in [6.45, 7) is 5.12. The smallest absolute Gasteiger partial charge is 0.225 e. The first-order valence-corrected chi connectivity index (χ1v) is 9.28. The first-order valence-electron chi connectivity index (χ1n) is 9.28. The summed E-state index contributed by atoms with van der Waals surface area (Å²) in [6, 6.07) is 21.4. The van der Waals surface area contributed by atoms with E-state index in [4.69, 9.17) is 9.97 Å². The van der Waals surface area contributed by atoms with Crippen molar-refractivity contribution in [1.29, 1.82) is 0 Å². The molecule has 0 saturated heterocycles. The van der Waals surface area contributed by atoms with Crippen LogP contribution in [0.5, 0.6) is 0 Å². The van der Waals surface area contributed by atoms with Gasteiger partial charge in [0.25, 0.3) is 0 Å². The molecule has 4 rings (SSSR count). The Morgan fingerprint density at radius 3 is 2.50 bits per heavy atom. The van der Waals surface area contributed by atoms with Crippen LogP contribution in [0, 0.1) is 6.92 Å². The topological polar surface area (TPSA) is 41.1 Å². The fourth-order valence-corrected chi connectivity index (χ4v) is 3.08. The van der Waals surface area contributed by atoms with Crippen LogP contribution in [0.15, 0.2) is 60.7 Å². The maximum absolute atomic E-state index is 4.82. The van der Waals surface area contributed by atoms with Gasteiger partial charge in [0.15, 0.2) is 0 Å². The lowest BCUT2D eigenvalue weighted by molar-refractivity contribution is 0.966. The summed E-state index contributed by atoms with van der Waals surface area (Å²) in [7, 11) is 0. The highest BCUT2D eigenvalue weighted by molar-refractivity contribution is 5.69. The third-order valence-corrected chi connectivity index (χ3v) is 4.60. The molecule has 0 radical (unpaired) electrons. The summed E-state index contributed by atoms with van der Waals surface area (Å²) < 4.78 is 0. The lowest BCUT2D eigenvalue weighted by Gasteiger charge is -2.23. The number of nitrogens with one attached hydrogen (secondary N) is 1. The van der Waals surface area contributed by atoms with Crippen molar-refractivity contribution in [3.05, 3.63) is 66.2 Å². The Morgan fingerprint density at radius 2 is 1.81 bits per heavy atom. The van der Waals surface area contributed by atoms with Gasteiger partial charge in [0.2, 0.25) is 5.95 Å². The van der Waals surface area contributed by atoms with E-state index >= 15 is 0 Å². The zero-order valence-electron chi connectivity index (χ0n) is 15.3.